The molecule has 3 nitrogen and oxygen atoms in total. The zero-order valence-corrected chi connectivity index (χ0v) is 12.0. The van der Waals surface area contributed by atoms with Crippen molar-refractivity contribution in [2.75, 3.05) is 0 Å². The van der Waals surface area contributed by atoms with Crippen molar-refractivity contribution in [3.63, 3.8) is 0 Å². The highest BCUT2D eigenvalue weighted by Gasteiger charge is 2.24. The number of aromatic nitrogens is 1. The minimum absolute atomic E-state index is 0.297. The van der Waals surface area contributed by atoms with Gasteiger partial charge in [-0.2, -0.15) is 0 Å². The second kappa shape index (κ2) is 4.78. The van der Waals surface area contributed by atoms with Crippen molar-refractivity contribution in [1.29, 1.82) is 0 Å². The van der Waals surface area contributed by atoms with Gasteiger partial charge in [0.1, 0.15) is 5.82 Å². The summed E-state index contributed by atoms with van der Waals surface area (Å²) in [6, 6.07) is 2.97. The Bertz CT molecular complexity index is 705. The van der Waals surface area contributed by atoms with Crippen LogP contribution >= 0.6 is 0 Å². The Morgan fingerprint density at radius 2 is 2.00 bits per heavy atom. The van der Waals surface area contributed by atoms with Gasteiger partial charge in [-0.15, -0.1) is 0 Å². The third-order valence-corrected chi connectivity index (χ3v) is 3.35. The monoisotopic (exact) mass is 275 g/mol. The van der Waals surface area contributed by atoms with Crippen LogP contribution < -0.4 is 0 Å². The summed E-state index contributed by atoms with van der Waals surface area (Å²) >= 11 is 0. The zero-order valence-electron chi connectivity index (χ0n) is 12.0. The minimum atomic E-state index is -0.955. The third-order valence-electron chi connectivity index (χ3n) is 3.35. The van der Waals surface area contributed by atoms with Crippen LogP contribution in [0.3, 0.4) is 0 Å². The summed E-state index contributed by atoms with van der Waals surface area (Å²) in [4.78, 5) is 14.3. The largest absolute Gasteiger partial charge is 0.478 e. The number of aryl methyl sites for hydroxylation is 1. The second-order valence-electron chi connectivity index (χ2n) is 5.97. The number of carboxylic acids is 1. The average Bonchev–Trinajstić information content (AvgIpc) is 2.70. The standard InChI is InChI=1S/C16H18FNO2/c1-9-8-18-14-12(17)6-5-10(13(9)14)7-11(15(19)20)16(2,3)4/h5-8,18H,1-4H3,(H,19,20)/b11-7-. The lowest BCUT2D eigenvalue weighted by Gasteiger charge is -2.19. The topological polar surface area (TPSA) is 53.1 Å². The molecule has 2 rings (SSSR count). The first-order valence-corrected chi connectivity index (χ1v) is 6.43. The maximum absolute atomic E-state index is 13.7. The van der Waals surface area contributed by atoms with Gasteiger partial charge in [0.2, 0.25) is 0 Å². The fraction of sp³-hybridized carbons (Fsp3) is 0.312. The Labute approximate surface area is 117 Å². The lowest BCUT2D eigenvalue weighted by Crippen LogP contribution is -2.17. The van der Waals surface area contributed by atoms with Crippen molar-refractivity contribution in [3.05, 3.63) is 40.8 Å². The van der Waals surface area contributed by atoms with Crippen LogP contribution in [0.5, 0.6) is 0 Å². The number of halogens is 1. The number of aromatic amines is 1. The van der Waals surface area contributed by atoms with Gasteiger partial charge in [0, 0.05) is 17.2 Å². The highest BCUT2D eigenvalue weighted by Crippen LogP contribution is 2.31. The number of nitrogens with one attached hydrogen (secondary N) is 1. The van der Waals surface area contributed by atoms with Crippen LogP contribution in [0.1, 0.15) is 31.9 Å². The van der Waals surface area contributed by atoms with Gasteiger partial charge in [-0.3, -0.25) is 0 Å². The maximum Gasteiger partial charge on any atom is 0.332 e. The Balaban J connectivity index is 2.73. The van der Waals surface area contributed by atoms with E-state index in [2.05, 4.69) is 4.98 Å². The van der Waals surface area contributed by atoms with Gasteiger partial charge in [0.05, 0.1) is 5.52 Å². The van der Waals surface area contributed by atoms with Crippen LogP contribution in [0.4, 0.5) is 4.39 Å². The number of rotatable bonds is 2. The van der Waals surface area contributed by atoms with Crippen molar-refractivity contribution >= 4 is 22.9 Å². The molecule has 2 N–H and O–H groups in total. The van der Waals surface area contributed by atoms with E-state index in [9.17, 15) is 14.3 Å². The maximum atomic E-state index is 13.7. The predicted molar refractivity (Wildman–Crippen MR) is 78.1 cm³/mol. The molecule has 0 radical (unpaired) electrons. The summed E-state index contributed by atoms with van der Waals surface area (Å²) in [5.74, 6) is -1.29. The smallest absolute Gasteiger partial charge is 0.332 e. The van der Waals surface area contributed by atoms with Crippen molar-refractivity contribution < 1.29 is 14.3 Å². The number of carboxylic acid groups (broad SMARTS) is 1. The molecule has 0 atom stereocenters. The second-order valence-corrected chi connectivity index (χ2v) is 5.97. The van der Waals surface area contributed by atoms with Gasteiger partial charge in [-0.1, -0.05) is 26.8 Å². The molecule has 0 aliphatic heterocycles. The lowest BCUT2D eigenvalue weighted by atomic mass is 9.85. The van der Waals surface area contributed by atoms with E-state index in [1.54, 1.807) is 18.3 Å². The van der Waals surface area contributed by atoms with Crippen LogP contribution in [-0.2, 0) is 4.79 Å². The molecule has 4 heteroatoms. The Kier molecular flexibility index (Phi) is 3.42. The number of H-pyrrole nitrogens is 1. The molecule has 1 aromatic heterocycles. The van der Waals surface area contributed by atoms with Gasteiger partial charge >= 0.3 is 5.97 Å². The predicted octanol–water partition coefficient (Wildman–Crippen LogP) is 4.13. The van der Waals surface area contributed by atoms with E-state index in [0.29, 0.717) is 16.7 Å². The fourth-order valence-corrected chi connectivity index (χ4v) is 2.29. The van der Waals surface area contributed by atoms with Crippen LogP contribution in [0, 0.1) is 18.2 Å². The Morgan fingerprint density at radius 3 is 2.55 bits per heavy atom. The molecule has 106 valence electrons. The van der Waals surface area contributed by atoms with E-state index >= 15 is 0 Å². The van der Waals surface area contributed by atoms with Crippen LogP contribution in [0.2, 0.25) is 0 Å². The van der Waals surface area contributed by atoms with Gasteiger partial charge in [-0.05, 0) is 35.6 Å². The van der Waals surface area contributed by atoms with Crippen molar-refractivity contribution in [1.82, 2.24) is 4.98 Å². The van der Waals surface area contributed by atoms with Gasteiger partial charge in [-0.25, -0.2) is 9.18 Å². The molecule has 0 saturated heterocycles. The van der Waals surface area contributed by atoms with E-state index in [0.717, 1.165) is 10.9 Å². The lowest BCUT2D eigenvalue weighted by molar-refractivity contribution is -0.133. The van der Waals surface area contributed by atoms with Crippen LogP contribution in [0.15, 0.2) is 23.9 Å². The summed E-state index contributed by atoms with van der Waals surface area (Å²) in [5.41, 5.74) is 1.83. The summed E-state index contributed by atoms with van der Waals surface area (Å²) in [6.45, 7) is 7.40. The summed E-state index contributed by atoms with van der Waals surface area (Å²) < 4.78 is 13.7. The number of hydrogen-bond acceptors (Lipinski definition) is 1. The summed E-state index contributed by atoms with van der Waals surface area (Å²) in [6.07, 6.45) is 3.35. The van der Waals surface area contributed by atoms with Crippen LogP contribution in [0.25, 0.3) is 17.0 Å². The molecule has 0 fully saturated rings. The first kappa shape index (κ1) is 14.3. The van der Waals surface area contributed by atoms with Gasteiger partial charge < -0.3 is 10.1 Å². The Hall–Kier alpha value is -2.10. The Morgan fingerprint density at radius 1 is 1.35 bits per heavy atom. The summed E-state index contributed by atoms with van der Waals surface area (Å²) in [7, 11) is 0. The molecule has 20 heavy (non-hydrogen) atoms. The molecular formula is C16H18FNO2. The number of fused-ring (bicyclic) bond motifs is 1. The van der Waals surface area contributed by atoms with Crippen molar-refractivity contribution in [2.24, 2.45) is 5.41 Å². The molecule has 2 aromatic rings. The van der Waals surface area contributed by atoms with Crippen LogP contribution in [-0.4, -0.2) is 16.1 Å². The van der Waals surface area contributed by atoms with E-state index in [4.69, 9.17) is 0 Å². The SMILES string of the molecule is Cc1c[nH]c2c(F)ccc(/C=C(/C(=O)O)C(C)(C)C)c12. The molecule has 0 saturated carbocycles. The number of carbonyl (C=O) groups is 1. The molecule has 0 bridgehead atoms. The minimum Gasteiger partial charge on any atom is -0.478 e. The number of aliphatic carboxylic acids is 1. The van der Waals surface area contributed by atoms with Crippen molar-refractivity contribution in [3.8, 4) is 0 Å². The first-order valence-electron chi connectivity index (χ1n) is 6.43. The normalized spacial score (nSPS) is 12.9. The third kappa shape index (κ3) is 2.46. The molecule has 1 heterocycles. The first-order chi connectivity index (χ1) is 9.21. The molecular weight excluding hydrogens is 257 g/mol. The number of benzene rings is 1. The summed E-state index contributed by atoms with van der Waals surface area (Å²) in [5, 5.41) is 10.1. The van der Waals surface area contributed by atoms with Gasteiger partial charge in [0.15, 0.2) is 0 Å². The molecule has 1 aromatic carbocycles. The van der Waals surface area contributed by atoms with E-state index < -0.39 is 11.4 Å². The highest BCUT2D eigenvalue weighted by atomic mass is 19.1. The average molecular weight is 275 g/mol. The quantitative estimate of drug-likeness (QED) is 0.810. The highest BCUT2D eigenvalue weighted by molar-refractivity contribution is 5.99. The molecule has 0 aliphatic carbocycles. The van der Waals surface area contributed by atoms with Gasteiger partial charge in [0.25, 0.3) is 0 Å². The van der Waals surface area contributed by atoms with E-state index in [1.165, 1.54) is 6.07 Å². The fourth-order valence-electron chi connectivity index (χ4n) is 2.29. The molecule has 0 spiro atoms. The molecule has 0 aliphatic rings. The number of hydrogen-bond donors (Lipinski definition) is 2. The molecule has 0 unspecified atom stereocenters. The molecule has 0 amide bonds. The van der Waals surface area contributed by atoms with E-state index in [1.807, 2.05) is 27.7 Å². The van der Waals surface area contributed by atoms with Crippen molar-refractivity contribution in [2.45, 2.75) is 27.7 Å². The zero-order chi connectivity index (χ0) is 15.1. The van der Waals surface area contributed by atoms with E-state index in [-0.39, 0.29) is 5.82 Å².